The summed E-state index contributed by atoms with van der Waals surface area (Å²) in [6.45, 7) is 1.31. The number of nitrogens with one attached hydrogen (secondary N) is 1. The number of hydrogen-bond acceptors (Lipinski definition) is 5. The molecule has 1 fully saturated rings. The number of likely N-dealkylation sites (tertiary alicyclic amines) is 1. The SMILES string of the molecule is NC(=O)[C@@H]1CC(=O)N(CCNc2ccc([N+](=O)[O-])cc2)C1. The number of hydrogen-bond donors (Lipinski definition) is 2. The molecule has 1 aromatic carbocycles. The van der Waals surface area contributed by atoms with Crippen molar-refractivity contribution in [3.63, 3.8) is 0 Å². The highest BCUT2D eigenvalue weighted by atomic mass is 16.6. The Labute approximate surface area is 121 Å². The molecule has 1 atom stereocenters. The van der Waals surface area contributed by atoms with Gasteiger partial charge in [0.25, 0.3) is 5.69 Å². The lowest BCUT2D eigenvalue weighted by Crippen LogP contribution is -2.32. The van der Waals surface area contributed by atoms with E-state index >= 15 is 0 Å². The van der Waals surface area contributed by atoms with Gasteiger partial charge in [0.15, 0.2) is 0 Å². The summed E-state index contributed by atoms with van der Waals surface area (Å²) in [4.78, 5) is 34.4. The summed E-state index contributed by atoms with van der Waals surface area (Å²) in [5.41, 5.74) is 5.95. The average Bonchev–Trinajstić information content (AvgIpc) is 2.81. The number of anilines is 1. The smallest absolute Gasteiger partial charge is 0.269 e. The minimum absolute atomic E-state index is 0.0274. The second-order valence-corrected chi connectivity index (χ2v) is 4.87. The van der Waals surface area contributed by atoms with Gasteiger partial charge in [0.2, 0.25) is 11.8 Å². The molecule has 2 amide bonds. The number of primary amides is 1. The first-order valence-electron chi connectivity index (χ1n) is 6.53. The molecule has 1 saturated heterocycles. The van der Waals surface area contributed by atoms with Crippen LogP contribution in [-0.2, 0) is 9.59 Å². The van der Waals surface area contributed by atoms with E-state index in [9.17, 15) is 19.7 Å². The Morgan fingerprint density at radius 2 is 2.10 bits per heavy atom. The molecule has 3 N–H and O–H groups in total. The number of carbonyl (C=O) groups is 2. The summed E-state index contributed by atoms with van der Waals surface area (Å²) in [7, 11) is 0. The van der Waals surface area contributed by atoms with Crippen molar-refractivity contribution in [2.75, 3.05) is 25.0 Å². The van der Waals surface area contributed by atoms with E-state index in [2.05, 4.69) is 5.32 Å². The van der Waals surface area contributed by atoms with Crippen molar-refractivity contribution in [2.24, 2.45) is 11.7 Å². The summed E-state index contributed by atoms with van der Waals surface area (Å²) in [5, 5.41) is 13.6. The fourth-order valence-electron chi connectivity index (χ4n) is 2.22. The van der Waals surface area contributed by atoms with Crippen LogP contribution < -0.4 is 11.1 Å². The van der Waals surface area contributed by atoms with Crippen molar-refractivity contribution in [1.82, 2.24) is 4.90 Å². The van der Waals surface area contributed by atoms with Gasteiger partial charge in [-0.05, 0) is 12.1 Å². The Morgan fingerprint density at radius 1 is 1.43 bits per heavy atom. The zero-order valence-electron chi connectivity index (χ0n) is 11.3. The Balaban J connectivity index is 1.80. The summed E-state index contributed by atoms with van der Waals surface area (Å²) >= 11 is 0. The molecule has 1 aliphatic heterocycles. The molecule has 0 spiro atoms. The largest absolute Gasteiger partial charge is 0.383 e. The van der Waals surface area contributed by atoms with E-state index < -0.39 is 16.7 Å². The van der Waals surface area contributed by atoms with E-state index in [4.69, 9.17) is 5.73 Å². The van der Waals surface area contributed by atoms with Gasteiger partial charge in [-0.1, -0.05) is 0 Å². The van der Waals surface area contributed by atoms with E-state index in [1.807, 2.05) is 0 Å². The minimum atomic E-state index is -0.462. The third-order valence-electron chi connectivity index (χ3n) is 3.41. The summed E-state index contributed by atoms with van der Waals surface area (Å²) < 4.78 is 0. The first kappa shape index (κ1) is 14.8. The van der Waals surface area contributed by atoms with Gasteiger partial charge in [-0.25, -0.2) is 0 Å². The number of nitro benzene ring substituents is 1. The molecule has 1 aliphatic rings. The summed E-state index contributed by atoms with van der Waals surface area (Å²) in [6.07, 6.45) is 0.173. The van der Waals surface area contributed by atoms with Gasteiger partial charge >= 0.3 is 0 Å². The zero-order valence-corrected chi connectivity index (χ0v) is 11.3. The van der Waals surface area contributed by atoms with Gasteiger partial charge in [0.05, 0.1) is 10.8 Å². The predicted octanol–water partition coefficient (Wildman–Crippen LogP) is 0.340. The van der Waals surface area contributed by atoms with Crippen LogP contribution in [0.3, 0.4) is 0 Å². The topological polar surface area (TPSA) is 119 Å². The molecule has 21 heavy (non-hydrogen) atoms. The van der Waals surface area contributed by atoms with Crippen LogP contribution >= 0.6 is 0 Å². The third kappa shape index (κ3) is 3.68. The molecule has 1 aromatic rings. The number of non-ortho nitro benzene ring substituents is 1. The molecule has 1 heterocycles. The molecule has 0 aromatic heterocycles. The highest BCUT2D eigenvalue weighted by Gasteiger charge is 2.32. The predicted molar refractivity (Wildman–Crippen MR) is 75.5 cm³/mol. The van der Waals surface area contributed by atoms with Gasteiger partial charge in [-0.3, -0.25) is 19.7 Å². The molecular weight excluding hydrogens is 276 g/mol. The molecular formula is C13H16N4O4. The van der Waals surface area contributed by atoms with Crippen molar-refractivity contribution in [3.05, 3.63) is 34.4 Å². The van der Waals surface area contributed by atoms with Gasteiger partial charge in [0, 0.05) is 43.9 Å². The molecule has 8 nitrogen and oxygen atoms in total. The average molecular weight is 292 g/mol. The Morgan fingerprint density at radius 3 is 2.62 bits per heavy atom. The molecule has 0 radical (unpaired) electrons. The summed E-state index contributed by atoms with van der Waals surface area (Å²) in [6, 6.07) is 6.03. The quantitative estimate of drug-likeness (QED) is 0.579. The maximum Gasteiger partial charge on any atom is 0.269 e. The van der Waals surface area contributed by atoms with E-state index in [1.165, 1.54) is 12.1 Å². The van der Waals surface area contributed by atoms with Crippen LogP contribution in [0.5, 0.6) is 0 Å². The van der Waals surface area contributed by atoms with Crippen LogP contribution in [0.1, 0.15) is 6.42 Å². The fourth-order valence-corrected chi connectivity index (χ4v) is 2.22. The van der Waals surface area contributed by atoms with Crippen molar-refractivity contribution >= 4 is 23.2 Å². The first-order chi connectivity index (χ1) is 9.97. The molecule has 0 aliphatic carbocycles. The van der Waals surface area contributed by atoms with Crippen LogP contribution in [0.15, 0.2) is 24.3 Å². The van der Waals surface area contributed by atoms with E-state index in [0.717, 1.165) is 5.69 Å². The number of nitro groups is 1. The van der Waals surface area contributed by atoms with E-state index in [1.54, 1.807) is 17.0 Å². The molecule has 0 bridgehead atoms. The minimum Gasteiger partial charge on any atom is -0.383 e. The van der Waals surface area contributed by atoms with Crippen molar-refractivity contribution in [3.8, 4) is 0 Å². The highest BCUT2D eigenvalue weighted by Crippen LogP contribution is 2.18. The van der Waals surface area contributed by atoms with Crippen molar-refractivity contribution in [1.29, 1.82) is 0 Å². The number of amides is 2. The Bertz CT molecular complexity index is 558. The van der Waals surface area contributed by atoms with Crippen LogP contribution in [-0.4, -0.2) is 41.3 Å². The Hall–Kier alpha value is -2.64. The second-order valence-electron chi connectivity index (χ2n) is 4.87. The zero-order chi connectivity index (χ0) is 15.4. The van der Waals surface area contributed by atoms with Gasteiger partial charge < -0.3 is 16.0 Å². The van der Waals surface area contributed by atoms with Gasteiger partial charge in [-0.15, -0.1) is 0 Å². The molecule has 112 valence electrons. The maximum absolute atomic E-state index is 11.7. The number of benzene rings is 1. The fraction of sp³-hybridized carbons (Fsp3) is 0.385. The standard InChI is InChI=1S/C13H16N4O4/c14-13(19)9-7-12(18)16(8-9)6-5-15-10-1-3-11(4-2-10)17(20)21/h1-4,9,15H,5-8H2,(H2,14,19)/t9-/m1/s1. The lowest BCUT2D eigenvalue weighted by Gasteiger charge is -2.16. The molecule has 2 rings (SSSR count). The lowest BCUT2D eigenvalue weighted by atomic mass is 10.1. The van der Waals surface area contributed by atoms with Crippen LogP contribution in [0.2, 0.25) is 0 Å². The van der Waals surface area contributed by atoms with Crippen LogP contribution in [0.4, 0.5) is 11.4 Å². The number of carbonyl (C=O) groups excluding carboxylic acids is 2. The molecule has 0 unspecified atom stereocenters. The maximum atomic E-state index is 11.7. The Kier molecular flexibility index (Phi) is 4.36. The first-order valence-corrected chi connectivity index (χ1v) is 6.53. The highest BCUT2D eigenvalue weighted by molar-refractivity contribution is 5.88. The second kappa shape index (κ2) is 6.21. The van der Waals surface area contributed by atoms with E-state index in [0.29, 0.717) is 19.6 Å². The van der Waals surface area contributed by atoms with Gasteiger partial charge in [0.1, 0.15) is 0 Å². The van der Waals surface area contributed by atoms with E-state index in [-0.39, 0.29) is 18.0 Å². The summed E-state index contributed by atoms with van der Waals surface area (Å²) in [5.74, 6) is -0.935. The molecule has 8 heteroatoms. The number of rotatable bonds is 6. The van der Waals surface area contributed by atoms with Gasteiger partial charge in [-0.2, -0.15) is 0 Å². The van der Waals surface area contributed by atoms with Crippen molar-refractivity contribution in [2.45, 2.75) is 6.42 Å². The van der Waals surface area contributed by atoms with Crippen molar-refractivity contribution < 1.29 is 14.5 Å². The van der Waals surface area contributed by atoms with Crippen LogP contribution in [0.25, 0.3) is 0 Å². The third-order valence-corrected chi connectivity index (χ3v) is 3.41. The van der Waals surface area contributed by atoms with Crippen LogP contribution in [0, 0.1) is 16.0 Å². The molecule has 0 saturated carbocycles. The number of nitrogens with zero attached hydrogens (tertiary/aromatic N) is 2. The normalized spacial score (nSPS) is 17.8. The monoisotopic (exact) mass is 292 g/mol. The lowest BCUT2D eigenvalue weighted by molar-refractivity contribution is -0.384. The number of nitrogens with two attached hydrogens (primary N) is 1.